The van der Waals surface area contributed by atoms with Gasteiger partial charge in [-0.25, -0.2) is 0 Å². The van der Waals surface area contributed by atoms with Crippen LogP contribution in [0.15, 0.2) is 42.9 Å². The summed E-state index contributed by atoms with van der Waals surface area (Å²) in [6.07, 6.45) is 12.6. The third-order valence-corrected chi connectivity index (χ3v) is 7.99. The minimum Gasteiger partial charge on any atom is -0.365 e. The average molecular weight is 493 g/mol. The number of carbonyl (C=O) groups excluding carboxylic acids is 2. The van der Waals surface area contributed by atoms with Crippen molar-refractivity contribution in [2.24, 2.45) is 13.0 Å². The number of thiophene rings is 1. The lowest BCUT2D eigenvalue weighted by molar-refractivity contribution is -0.118. The van der Waals surface area contributed by atoms with E-state index in [0.717, 1.165) is 49.3 Å². The average Bonchev–Trinajstić information content (AvgIpc) is 3.62. The van der Waals surface area contributed by atoms with E-state index in [2.05, 4.69) is 31.7 Å². The highest BCUT2D eigenvalue weighted by atomic mass is 32.1. The van der Waals surface area contributed by atoms with Gasteiger partial charge < -0.3 is 15.5 Å². The number of amides is 2. The second-order valence-electron chi connectivity index (χ2n) is 9.56. The molecule has 9 heteroatoms. The van der Waals surface area contributed by atoms with Gasteiger partial charge in [0.25, 0.3) is 5.91 Å². The molecule has 4 heterocycles. The van der Waals surface area contributed by atoms with Crippen LogP contribution in [0.4, 0.5) is 11.4 Å². The van der Waals surface area contributed by atoms with Crippen LogP contribution in [0.25, 0.3) is 0 Å². The van der Waals surface area contributed by atoms with Crippen molar-refractivity contribution in [1.82, 2.24) is 20.1 Å². The van der Waals surface area contributed by atoms with Crippen LogP contribution in [0.1, 0.15) is 58.8 Å². The fourth-order valence-electron chi connectivity index (χ4n) is 5.16. The molecule has 1 fully saturated rings. The van der Waals surface area contributed by atoms with Crippen LogP contribution in [0, 0.1) is 5.92 Å². The van der Waals surface area contributed by atoms with Crippen molar-refractivity contribution in [3.63, 3.8) is 0 Å². The summed E-state index contributed by atoms with van der Waals surface area (Å²) in [6, 6.07) is 7.42. The van der Waals surface area contributed by atoms with E-state index in [4.69, 9.17) is 0 Å². The number of carbonyl (C=O) groups is 2. The van der Waals surface area contributed by atoms with Crippen molar-refractivity contribution in [1.29, 1.82) is 0 Å². The first-order valence-corrected chi connectivity index (χ1v) is 13.2. The van der Waals surface area contributed by atoms with E-state index in [-0.39, 0.29) is 11.8 Å². The molecule has 184 valence electrons. The Kier molecular flexibility index (Phi) is 7.13. The van der Waals surface area contributed by atoms with Gasteiger partial charge in [-0.05, 0) is 49.4 Å². The van der Waals surface area contributed by atoms with Gasteiger partial charge in [0.05, 0.1) is 34.7 Å². The number of hydrogen-bond acceptors (Lipinski definition) is 6. The van der Waals surface area contributed by atoms with E-state index in [1.165, 1.54) is 29.9 Å². The number of hydrogen-bond donors (Lipinski definition) is 2. The number of rotatable bonds is 8. The lowest BCUT2D eigenvalue weighted by atomic mass is 9.97. The summed E-state index contributed by atoms with van der Waals surface area (Å²) in [4.78, 5) is 34.9. The molecule has 1 aliphatic heterocycles. The summed E-state index contributed by atoms with van der Waals surface area (Å²) >= 11 is 1.49. The van der Waals surface area contributed by atoms with E-state index in [1.54, 1.807) is 24.1 Å². The van der Waals surface area contributed by atoms with Crippen molar-refractivity contribution in [2.45, 2.75) is 57.5 Å². The highest BCUT2D eigenvalue weighted by Gasteiger charge is 2.28. The van der Waals surface area contributed by atoms with Crippen molar-refractivity contribution < 1.29 is 9.59 Å². The quantitative estimate of drug-likeness (QED) is 0.493. The Bertz CT molecular complexity index is 1180. The Hall–Kier alpha value is -3.20. The largest absolute Gasteiger partial charge is 0.365 e. The molecule has 5 rings (SSSR count). The Morgan fingerprint density at radius 2 is 2.06 bits per heavy atom. The van der Waals surface area contributed by atoms with Gasteiger partial charge in [0.15, 0.2) is 0 Å². The van der Waals surface area contributed by atoms with E-state index >= 15 is 0 Å². The normalized spacial score (nSPS) is 16.7. The first kappa shape index (κ1) is 23.5. The molecule has 1 saturated carbocycles. The Balaban J connectivity index is 1.25. The molecule has 3 aromatic heterocycles. The van der Waals surface area contributed by atoms with Crippen LogP contribution in [0.2, 0.25) is 0 Å². The molecule has 35 heavy (non-hydrogen) atoms. The van der Waals surface area contributed by atoms with Crippen LogP contribution in [0.3, 0.4) is 0 Å². The van der Waals surface area contributed by atoms with Crippen LogP contribution < -0.4 is 15.5 Å². The number of anilines is 2. The predicted octanol–water partition coefficient (Wildman–Crippen LogP) is 4.15. The molecule has 0 bridgehead atoms. The van der Waals surface area contributed by atoms with E-state index < -0.39 is 6.04 Å². The minimum absolute atomic E-state index is 0.188. The standard InChI is InChI=1S/C26H32N6O2S/c1-31-16-19(15-28-31)29-25(33)22(14-18-6-2-3-7-18)30-26(34)24-11-10-20(35-24)17-32-13-5-8-21-23(32)9-4-12-27-21/h4,9-12,15-16,18,22H,2-3,5-8,13-14,17H2,1H3,(H,29,33)(H,30,34)/t22-/m0/s1. The molecular formula is C26H32N6O2S. The molecule has 1 atom stereocenters. The van der Waals surface area contributed by atoms with Gasteiger partial charge in [-0.1, -0.05) is 25.7 Å². The molecule has 0 aromatic carbocycles. The number of nitrogens with one attached hydrogen (secondary N) is 2. The first-order valence-electron chi connectivity index (χ1n) is 12.4. The fourth-order valence-corrected chi connectivity index (χ4v) is 6.09. The molecular weight excluding hydrogens is 460 g/mol. The Labute approximate surface area is 209 Å². The summed E-state index contributed by atoms with van der Waals surface area (Å²) in [5, 5.41) is 10.1. The van der Waals surface area contributed by atoms with Crippen molar-refractivity contribution in [3.8, 4) is 0 Å². The zero-order valence-corrected chi connectivity index (χ0v) is 20.9. The monoisotopic (exact) mass is 492 g/mol. The van der Waals surface area contributed by atoms with E-state index in [9.17, 15) is 9.59 Å². The zero-order chi connectivity index (χ0) is 24.2. The topological polar surface area (TPSA) is 92.2 Å². The van der Waals surface area contributed by atoms with Gasteiger partial charge in [0, 0.05) is 30.9 Å². The number of aromatic nitrogens is 3. The Morgan fingerprint density at radius 3 is 2.86 bits per heavy atom. The minimum atomic E-state index is -0.573. The van der Waals surface area contributed by atoms with Gasteiger partial charge in [0.1, 0.15) is 6.04 Å². The summed E-state index contributed by atoms with van der Waals surface area (Å²) in [5.74, 6) is 0.0883. The highest BCUT2D eigenvalue weighted by Crippen LogP contribution is 2.30. The number of aryl methyl sites for hydroxylation is 2. The molecule has 0 unspecified atom stereocenters. The maximum Gasteiger partial charge on any atom is 0.262 e. The number of nitrogens with zero attached hydrogens (tertiary/aromatic N) is 4. The molecule has 1 aliphatic carbocycles. The molecule has 3 aromatic rings. The highest BCUT2D eigenvalue weighted by molar-refractivity contribution is 7.14. The smallest absolute Gasteiger partial charge is 0.262 e. The van der Waals surface area contributed by atoms with E-state index in [1.807, 2.05) is 24.4 Å². The van der Waals surface area contributed by atoms with Gasteiger partial charge in [0.2, 0.25) is 5.91 Å². The first-order chi connectivity index (χ1) is 17.0. The third-order valence-electron chi connectivity index (χ3n) is 6.92. The molecule has 0 saturated heterocycles. The Morgan fingerprint density at radius 1 is 1.20 bits per heavy atom. The molecule has 0 radical (unpaired) electrons. The SMILES string of the molecule is Cn1cc(NC(=O)[C@H](CC2CCCC2)NC(=O)c2ccc(CN3CCCc4ncccc43)s2)cn1. The predicted molar refractivity (Wildman–Crippen MR) is 138 cm³/mol. The van der Waals surface area contributed by atoms with Gasteiger partial charge in [-0.15, -0.1) is 11.3 Å². The van der Waals surface area contributed by atoms with Gasteiger partial charge >= 0.3 is 0 Å². The van der Waals surface area contributed by atoms with Crippen LogP contribution >= 0.6 is 11.3 Å². The lowest BCUT2D eigenvalue weighted by Gasteiger charge is -2.30. The maximum atomic E-state index is 13.2. The summed E-state index contributed by atoms with van der Waals surface area (Å²) in [5.41, 5.74) is 2.96. The maximum absolute atomic E-state index is 13.2. The number of fused-ring (bicyclic) bond motifs is 1. The van der Waals surface area contributed by atoms with Crippen LogP contribution in [-0.4, -0.2) is 39.2 Å². The molecule has 2 aliphatic rings. The van der Waals surface area contributed by atoms with Crippen molar-refractivity contribution >= 4 is 34.5 Å². The zero-order valence-electron chi connectivity index (χ0n) is 20.1. The van der Waals surface area contributed by atoms with Crippen LogP contribution in [0.5, 0.6) is 0 Å². The van der Waals surface area contributed by atoms with Crippen molar-refractivity contribution in [2.75, 3.05) is 16.8 Å². The van der Waals surface area contributed by atoms with Gasteiger partial charge in [-0.3, -0.25) is 19.3 Å². The van der Waals surface area contributed by atoms with Gasteiger partial charge in [-0.2, -0.15) is 5.10 Å². The molecule has 2 N–H and O–H groups in total. The lowest BCUT2D eigenvalue weighted by Crippen LogP contribution is -2.44. The van der Waals surface area contributed by atoms with Crippen LogP contribution in [-0.2, 0) is 24.8 Å². The van der Waals surface area contributed by atoms with Crippen molar-refractivity contribution in [3.05, 3.63) is 58.3 Å². The summed E-state index contributed by atoms with van der Waals surface area (Å²) < 4.78 is 1.64. The third kappa shape index (κ3) is 5.73. The van der Waals surface area contributed by atoms with E-state index in [0.29, 0.717) is 22.9 Å². The molecule has 2 amide bonds. The molecule has 0 spiro atoms. The second-order valence-corrected chi connectivity index (χ2v) is 10.7. The fraction of sp³-hybridized carbons (Fsp3) is 0.462. The summed E-state index contributed by atoms with van der Waals surface area (Å²) in [6.45, 7) is 1.74. The number of pyridine rings is 1. The molecule has 8 nitrogen and oxygen atoms in total. The summed E-state index contributed by atoms with van der Waals surface area (Å²) in [7, 11) is 1.81. The second kappa shape index (κ2) is 10.6.